The van der Waals surface area contributed by atoms with E-state index in [0.717, 1.165) is 18.4 Å². The molecule has 7 heteroatoms. The normalized spacial score (nSPS) is 11.3. The molecule has 1 aromatic heterocycles. The van der Waals surface area contributed by atoms with Crippen LogP contribution in [0.5, 0.6) is 0 Å². The summed E-state index contributed by atoms with van der Waals surface area (Å²) in [6.45, 7) is -0.00602. The van der Waals surface area contributed by atoms with Gasteiger partial charge in [-0.15, -0.1) is 0 Å². The molecule has 0 spiro atoms. The molecule has 0 fully saturated rings. The minimum Gasteiger partial charge on any atom is -0.364 e. The Morgan fingerprint density at radius 1 is 1.37 bits per heavy atom. The Hall–Kier alpha value is -2.31. The van der Waals surface area contributed by atoms with Crippen LogP contribution in [0.3, 0.4) is 0 Å². The van der Waals surface area contributed by atoms with Crippen molar-refractivity contribution in [1.82, 2.24) is 10.5 Å². The van der Waals surface area contributed by atoms with Crippen LogP contribution < -0.4 is 5.32 Å². The van der Waals surface area contributed by atoms with Gasteiger partial charge in [-0.3, -0.25) is 4.79 Å². The molecule has 0 unspecified atom stereocenters. The summed E-state index contributed by atoms with van der Waals surface area (Å²) in [6.07, 6.45) is -2.02. The fourth-order valence-corrected chi connectivity index (χ4v) is 1.46. The topological polar surface area (TPSA) is 55.1 Å². The maximum Gasteiger partial charge on any atom is 0.416 e. The van der Waals surface area contributed by atoms with Gasteiger partial charge < -0.3 is 9.84 Å². The fraction of sp³-hybridized carbons (Fsp3) is 0.167. The maximum atomic E-state index is 12.5. The van der Waals surface area contributed by atoms with Crippen LogP contribution in [0.15, 0.2) is 41.2 Å². The molecule has 0 saturated carbocycles. The number of carbonyl (C=O) groups excluding carboxylic acids is 1. The van der Waals surface area contributed by atoms with E-state index in [0.29, 0.717) is 5.56 Å². The Labute approximate surface area is 106 Å². The highest BCUT2D eigenvalue weighted by atomic mass is 19.4. The molecule has 0 saturated heterocycles. The van der Waals surface area contributed by atoms with E-state index in [2.05, 4.69) is 15.0 Å². The number of alkyl halides is 3. The molecule has 2 aromatic rings. The highest BCUT2D eigenvalue weighted by molar-refractivity contribution is 5.93. The lowest BCUT2D eigenvalue weighted by Gasteiger charge is -2.09. The van der Waals surface area contributed by atoms with E-state index in [9.17, 15) is 18.0 Å². The Morgan fingerprint density at radius 3 is 2.79 bits per heavy atom. The van der Waals surface area contributed by atoms with Crippen LogP contribution in [0, 0.1) is 0 Å². The second-order valence-corrected chi connectivity index (χ2v) is 3.79. The van der Waals surface area contributed by atoms with E-state index < -0.39 is 17.6 Å². The molecule has 0 aliphatic carbocycles. The molecule has 1 amide bonds. The van der Waals surface area contributed by atoms with Gasteiger partial charge in [-0.2, -0.15) is 13.2 Å². The summed E-state index contributed by atoms with van der Waals surface area (Å²) in [5.74, 6) is -0.460. The van der Waals surface area contributed by atoms with Gasteiger partial charge >= 0.3 is 6.18 Å². The van der Waals surface area contributed by atoms with Crippen LogP contribution >= 0.6 is 0 Å². The Balaban J connectivity index is 2.02. The number of rotatable bonds is 3. The van der Waals surface area contributed by atoms with Gasteiger partial charge in [0.05, 0.1) is 17.3 Å². The molecule has 100 valence electrons. The molecule has 0 aliphatic heterocycles. The molecule has 0 bridgehead atoms. The van der Waals surface area contributed by atoms with Crippen LogP contribution in [-0.4, -0.2) is 11.1 Å². The van der Waals surface area contributed by atoms with Gasteiger partial charge in [0, 0.05) is 6.54 Å². The number of benzene rings is 1. The van der Waals surface area contributed by atoms with Crippen molar-refractivity contribution in [3.63, 3.8) is 0 Å². The van der Waals surface area contributed by atoms with Gasteiger partial charge in [-0.25, -0.2) is 0 Å². The quantitative estimate of drug-likeness (QED) is 0.932. The van der Waals surface area contributed by atoms with E-state index in [-0.39, 0.29) is 12.1 Å². The molecule has 19 heavy (non-hydrogen) atoms. The van der Waals surface area contributed by atoms with Crippen LogP contribution in [0.25, 0.3) is 0 Å². The first kappa shape index (κ1) is 13.1. The summed E-state index contributed by atoms with van der Waals surface area (Å²) in [5.41, 5.74) is -0.171. The zero-order valence-corrected chi connectivity index (χ0v) is 9.57. The predicted octanol–water partition coefficient (Wildman–Crippen LogP) is 2.62. The number of nitrogens with zero attached hydrogens (tertiary/aromatic N) is 1. The summed E-state index contributed by atoms with van der Waals surface area (Å²) in [4.78, 5) is 11.5. The first-order valence-corrected chi connectivity index (χ1v) is 5.30. The SMILES string of the molecule is O=C(NCc1cccc(C(F)(F)F)c1)c1cnoc1. The van der Waals surface area contributed by atoms with E-state index in [4.69, 9.17) is 0 Å². The lowest BCUT2D eigenvalue weighted by molar-refractivity contribution is -0.137. The minimum atomic E-state index is -4.39. The summed E-state index contributed by atoms with van der Waals surface area (Å²) in [6, 6.07) is 4.77. The summed E-state index contributed by atoms with van der Waals surface area (Å²) < 4.78 is 41.9. The van der Waals surface area contributed by atoms with Gasteiger partial charge in [0.2, 0.25) is 0 Å². The predicted molar refractivity (Wildman–Crippen MR) is 59.1 cm³/mol. The van der Waals surface area contributed by atoms with Crippen molar-refractivity contribution in [3.05, 3.63) is 53.4 Å². The maximum absolute atomic E-state index is 12.5. The van der Waals surface area contributed by atoms with E-state index in [1.165, 1.54) is 18.3 Å². The zero-order chi connectivity index (χ0) is 13.9. The van der Waals surface area contributed by atoms with Crippen molar-refractivity contribution in [2.45, 2.75) is 12.7 Å². The molecule has 0 aliphatic rings. The van der Waals surface area contributed by atoms with Crippen LogP contribution in [0.1, 0.15) is 21.5 Å². The fourth-order valence-electron chi connectivity index (χ4n) is 1.46. The average Bonchev–Trinajstić information content (AvgIpc) is 2.89. The number of halogens is 3. The number of carbonyl (C=O) groups is 1. The molecule has 1 heterocycles. The van der Waals surface area contributed by atoms with Crippen LogP contribution in [0.4, 0.5) is 13.2 Å². The first-order chi connectivity index (χ1) is 8.97. The smallest absolute Gasteiger partial charge is 0.364 e. The van der Waals surface area contributed by atoms with E-state index in [1.807, 2.05) is 0 Å². The second kappa shape index (κ2) is 5.13. The molecule has 2 rings (SSSR count). The van der Waals surface area contributed by atoms with Crippen LogP contribution in [0.2, 0.25) is 0 Å². The highest BCUT2D eigenvalue weighted by Crippen LogP contribution is 2.29. The zero-order valence-electron chi connectivity index (χ0n) is 9.57. The van der Waals surface area contributed by atoms with Crippen molar-refractivity contribution >= 4 is 5.91 Å². The number of hydrogen-bond donors (Lipinski definition) is 1. The number of aromatic nitrogens is 1. The lowest BCUT2D eigenvalue weighted by Crippen LogP contribution is -2.22. The van der Waals surface area contributed by atoms with Crippen molar-refractivity contribution in [2.75, 3.05) is 0 Å². The molecule has 0 radical (unpaired) electrons. The van der Waals surface area contributed by atoms with Crippen molar-refractivity contribution in [2.24, 2.45) is 0 Å². The molecule has 1 aromatic carbocycles. The molecular formula is C12H9F3N2O2. The van der Waals surface area contributed by atoms with Crippen molar-refractivity contribution < 1.29 is 22.5 Å². The average molecular weight is 270 g/mol. The van der Waals surface area contributed by atoms with E-state index in [1.54, 1.807) is 0 Å². The lowest BCUT2D eigenvalue weighted by atomic mass is 10.1. The Bertz CT molecular complexity index is 565. The van der Waals surface area contributed by atoms with Gasteiger partial charge in [0.25, 0.3) is 5.91 Å². The summed E-state index contributed by atoms with van der Waals surface area (Å²) in [7, 11) is 0. The van der Waals surface area contributed by atoms with Gasteiger partial charge in [-0.05, 0) is 17.7 Å². The van der Waals surface area contributed by atoms with Gasteiger partial charge in [-0.1, -0.05) is 17.3 Å². The third-order valence-electron chi connectivity index (χ3n) is 2.40. The van der Waals surface area contributed by atoms with Crippen LogP contribution in [-0.2, 0) is 12.7 Å². The van der Waals surface area contributed by atoms with Crippen molar-refractivity contribution in [1.29, 1.82) is 0 Å². The Kier molecular flexibility index (Phi) is 3.55. The molecule has 4 nitrogen and oxygen atoms in total. The summed E-state index contributed by atoms with van der Waals surface area (Å²) in [5, 5.41) is 5.83. The minimum absolute atomic E-state index is 0.00602. The monoisotopic (exact) mass is 270 g/mol. The number of amides is 1. The largest absolute Gasteiger partial charge is 0.416 e. The number of hydrogen-bond acceptors (Lipinski definition) is 3. The third kappa shape index (κ3) is 3.34. The Morgan fingerprint density at radius 2 is 2.16 bits per heavy atom. The van der Waals surface area contributed by atoms with Gasteiger partial charge in [0.1, 0.15) is 6.26 Å². The molecular weight excluding hydrogens is 261 g/mol. The molecule has 0 atom stereocenters. The molecule has 1 N–H and O–H groups in total. The summed E-state index contributed by atoms with van der Waals surface area (Å²) >= 11 is 0. The third-order valence-corrected chi connectivity index (χ3v) is 2.40. The first-order valence-electron chi connectivity index (χ1n) is 5.30. The number of nitrogens with one attached hydrogen (secondary N) is 1. The van der Waals surface area contributed by atoms with E-state index >= 15 is 0 Å². The standard InChI is InChI=1S/C12H9F3N2O2/c13-12(14,15)10-3-1-2-8(4-10)5-16-11(18)9-6-17-19-7-9/h1-4,6-7H,5H2,(H,16,18). The highest BCUT2D eigenvalue weighted by Gasteiger charge is 2.30. The van der Waals surface area contributed by atoms with Gasteiger partial charge in [0.15, 0.2) is 0 Å². The second-order valence-electron chi connectivity index (χ2n) is 3.79. The van der Waals surface area contributed by atoms with Crippen molar-refractivity contribution in [3.8, 4) is 0 Å².